The maximum Gasteiger partial charge on any atom is 0.242 e. The van der Waals surface area contributed by atoms with Gasteiger partial charge in [0.2, 0.25) is 16.8 Å². The Morgan fingerprint density at radius 2 is 1.93 bits per heavy atom. The van der Waals surface area contributed by atoms with Gasteiger partial charge in [-0.25, -0.2) is 18.1 Å². The molecule has 0 spiro atoms. The Labute approximate surface area is 171 Å². The summed E-state index contributed by atoms with van der Waals surface area (Å²) in [7, 11) is -0.380. The molecule has 2 aliphatic rings. The van der Waals surface area contributed by atoms with Gasteiger partial charge in [0.15, 0.2) is 11.5 Å². The monoisotopic (exact) mass is 418 g/mol. The van der Waals surface area contributed by atoms with Crippen LogP contribution in [0.25, 0.3) is 0 Å². The lowest BCUT2D eigenvalue weighted by atomic mass is 9.94. The molecule has 4 rings (SSSR count). The van der Waals surface area contributed by atoms with E-state index < -0.39 is 10.0 Å². The largest absolute Gasteiger partial charge is 0.454 e. The van der Waals surface area contributed by atoms with Crippen molar-refractivity contribution < 1.29 is 17.9 Å². The van der Waals surface area contributed by atoms with Gasteiger partial charge < -0.3 is 14.8 Å². The number of rotatable bonds is 7. The molecule has 2 heterocycles. The number of hydrogen-bond donors (Lipinski definition) is 3. The van der Waals surface area contributed by atoms with Gasteiger partial charge in [0.05, 0.1) is 10.9 Å². The first-order valence-corrected chi connectivity index (χ1v) is 11.0. The minimum atomic E-state index is -3.47. The fraction of sp³-hybridized carbons (Fsp3) is 0.400. The Morgan fingerprint density at radius 1 is 1.14 bits per heavy atom. The Balaban J connectivity index is 1.42. The van der Waals surface area contributed by atoms with Crippen molar-refractivity contribution in [3.05, 3.63) is 53.6 Å². The summed E-state index contributed by atoms with van der Waals surface area (Å²) in [6.07, 6.45) is 0. The molecular formula is C20H26N4O4S. The molecule has 2 aromatic rings. The Kier molecular flexibility index (Phi) is 5.75. The van der Waals surface area contributed by atoms with Gasteiger partial charge in [0, 0.05) is 39.6 Å². The van der Waals surface area contributed by atoms with E-state index in [4.69, 9.17) is 9.47 Å². The molecule has 9 heteroatoms. The molecule has 29 heavy (non-hydrogen) atoms. The quantitative estimate of drug-likeness (QED) is 0.623. The van der Waals surface area contributed by atoms with E-state index in [1.165, 1.54) is 4.31 Å². The van der Waals surface area contributed by atoms with Crippen molar-refractivity contribution in [3.8, 4) is 11.5 Å². The van der Waals surface area contributed by atoms with Crippen molar-refractivity contribution in [2.24, 2.45) is 5.92 Å². The van der Waals surface area contributed by atoms with Crippen LogP contribution in [0.4, 0.5) is 0 Å². The maximum absolute atomic E-state index is 12.6. The van der Waals surface area contributed by atoms with E-state index in [2.05, 4.69) is 16.2 Å². The van der Waals surface area contributed by atoms with Gasteiger partial charge in [-0.05, 0) is 29.3 Å². The minimum Gasteiger partial charge on any atom is -0.454 e. The van der Waals surface area contributed by atoms with Gasteiger partial charge in [-0.1, -0.05) is 24.3 Å². The molecule has 2 unspecified atom stereocenters. The summed E-state index contributed by atoms with van der Waals surface area (Å²) in [6.45, 7) is 2.28. The summed E-state index contributed by atoms with van der Waals surface area (Å²) >= 11 is 0. The maximum atomic E-state index is 12.6. The molecule has 0 bridgehead atoms. The zero-order valence-electron chi connectivity index (χ0n) is 16.5. The van der Waals surface area contributed by atoms with Crippen LogP contribution in [0.15, 0.2) is 47.4 Å². The minimum absolute atomic E-state index is 0.123. The second kappa shape index (κ2) is 8.29. The SMILES string of the molecule is CN(C)S(=O)(=O)c1ccccc1CNCC1CNNC1c1ccc2c(c1)OCO2. The second-order valence-corrected chi connectivity index (χ2v) is 9.52. The van der Waals surface area contributed by atoms with Crippen molar-refractivity contribution in [2.75, 3.05) is 34.0 Å². The molecular weight excluding hydrogens is 392 g/mol. The summed E-state index contributed by atoms with van der Waals surface area (Å²) in [6, 6.07) is 13.2. The topological polar surface area (TPSA) is 91.9 Å². The van der Waals surface area contributed by atoms with Crippen molar-refractivity contribution in [3.63, 3.8) is 0 Å². The molecule has 2 aromatic carbocycles. The van der Waals surface area contributed by atoms with E-state index in [1.54, 1.807) is 26.2 Å². The van der Waals surface area contributed by atoms with Crippen LogP contribution in [-0.4, -0.2) is 46.7 Å². The lowest BCUT2D eigenvalue weighted by Crippen LogP contribution is -2.29. The van der Waals surface area contributed by atoms with E-state index in [0.29, 0.717) is 17.4 Å². The molecule has 1 fully saturated rings. The average Bonchev–Trinajstić information content (AvgIpc) is 3.36. The highest BCUT2D eigenvalue weighted by Gasteiger charge is 2.29. The van der Waals surface area contributed by atoms with E-state index >= 15 is 0 Å². The van der Waals surface area contributed by atoms with Crippen molar-refractivity contribution >= 4 is 10.0 Å². The highest BCUT2D eigenvalue weighted by Crippen LogP contribution is 2.36. The number of hydrazine groups is 1. The highest BCUT2D eigenvalue weighted by atomic mass is 32.2. The van der Waals surface area contributed by atoms with Crippen molar-refractivity contribution in [1.29, 1.82) is 0 Å². The molecule has 0 aromatic heterocycles. The number of benzene rings is 2. The van der Waals surface area contributed by atoms with Gasteiger partial charge in [0.1, 0.15) is 0 Å². The van der Waals surface area contributed by atoms with Gasteiger partial charge in [-0.3, -0.25) is 5.43 Å². The third-order valence-corrected chi connectivity index (χ3v) is 7.22. The van der Waals surface area contributed by atoms with E-state index in [9.17, 15) is 8.42 Å². The molecule has 0 amide bonds. The predicted molar refractivity (Wildman–Crippen MR) is 109 cm³/mol. The molecule has 0 aliphatic carbocycles. The number of hydrogen-bond acceptors (Lipinski definition) is 7. The standard InChI is InChI=1S/C20H26N4O4S/c1-24(2)29(25,26)19-6-4-3-5-15(19)10-21-11-16-12-22-23-20(16)14-7-8-17-18(9-14)28-13-27-17/h3-9,16,20-23H,10-13H2,1-2H3. The van der Waals surface area contributed by atoms with Gasteiger partial charge in [0.25, 0.3) is 0 Å². The van der Waals surface area contributed by atoms with Crippen LogP contribution in [-0.2, 0) is 16.6 Å². The Hall–Kier alpha value is -2.17. The van der Waals surface area contributed by atoms with Crippen LogP contribution in [0.3, 0.4) is 0 Å². The average molecular weight is 419 g/mol. The second-order valence-electron chi connectivity index (χ2n) is 7.40. The molecule has 156 valence electrons. The van der Waals surface area contributed by atoms with Gasteiger partial charge in [-0.15, -0.1) is 0 Å². The van der Waals surface area contributed by atoms with Crippen LogP contribution in [0.1, 0.15) is 17.2 Å². The molecule has 0 radical (unpaired) electrons. The van der Waals surface area contributed by atoms with E-state index in [0.717, 1.165) is 35.7 Å². The molecule has 1 saturated heterocycles. The number of nitrogens with one attached hydrogen (secondary N) is 3. The van der Waals surface area contributed by atoms with Crippen LogP contribution in [0.5, 0.6) is 11.5 Å². The smallest absolute Gasteiger partial charge is 0.242 e. The van der Waals surface area contributed by atoms with Crippen molar-refractivity contribution in [2.45, 2.75) is 17.5 Å². The van der Waals surface area contributed by atoms with Crippen LogP contribution in [0, 0.1) is 5.92 Å². The first kappa shape index (κ1) is 20.1. The first-order chi connectivity index (χ1) is 14.0. The normalized spacial score (nSPS) is 21.1. The van der Waals surface area contributed by atoms with E-state index in [1.807, 2.05) is 30.3 Å². The highest BCUT2D eigenvalue weighted by molar-refractivity contribution is 7.89. The van der Waals surface area contributed by atoms with Gasteiger partial charge >= 0.3 is 0 Å². The number of ether oxygens (including phenoxy) is 2. The Bertz CT molecular complexity index is 980. The first-order valence-electron chi connectivity index (χ1n) is 9.56. The number of fused-ring (bicyclic) bond motifs is 1. The molecule has 0 saturated carbocycles. The third kappa shape index (κ3) is 4.10. The molecule has 2 aliphatic heterocycles. The van der Waals surface area contributed by atoms with E-state index in [-0.39, 0.29) is 12.8 Å². The summed E-state index contributed by atoms with van der Waals surface area (Å²) in [5.41, 5.74) is 8.44. The van der Waals surface area contributed by atoms with Crippen LogP contribution in [0.2, 0.25) is 0 Å². The summed E-state index contributed by atoms with van der Waals surface area (Å²) < 4.78 is 37.2. The fourth-order valence-corrected chi connectivity index (χ4v) is 4.79. The zero-order chi connectivity index (χ0) is 20.4. The number of sulfonamides is 1. The predicted octanol–water partition coefficient (Wildman–Crippen LogP) is 1.22. The Morgan fingerprint density at radius 3 is 2.76 bits per heavy atom. The summed E-state index contributed by atoms with van der Waals surface area (Å²) in [5.74, 6) is 1.84. The van der Waals surface area contributed by atoms with Crippen molar-refractivity contribution in [1.82, 2.24) is 20.5 Å². The zero-order valence-corrected chi connectivity index (χ0v) is 17.3. The lowest BCUT2D eigenvalue weighted by Gasteiger charge is -2.20. The summed E-state index contributed by atoms with van der Waals surface area (Å²) in [5, 5.41) is 3.43. The number of nitrogens with zero attached hydrogens (tertiary/aromatic N) is 1. The molecule has 2 atom stereocenters. The lowest BCUT2D eigenvalue weighted by molar-refractivity contribution is 0.174. The molecule has 3 N–H and O–H groups in total. The van der Waals surface area contributed by atoms with Gasteiger partial charge in [-0.2, -0.15) is 0 Å². The van der Waals surface area contributed by atoms with Crippen LogP contribution >= 0.6 is 0 Å². The summed E-state index contributed by atoms with van der Waals surface area (Å²) in [4.78, 5) is 0.340. The fourth-order valence-electron chi connectivity index (χ4n) is 3.68. The van der Waals surface area contributed by atoms with Crippen LogP contribution < -0.4 is 25.6 Å². The third-order valence-electron chi connectivity index (χ3n) is 5.30. The molecule has 8 nitrogen and oxygen atoms in total.